The number of carbonyl (C=O) groups is 2. The molecule has 0 aromatic heterocycles. The maximum absolute atomic E-state index is 13.7. The van der Waals surface area contributed by atoms with Gasteiger partial charge in [-0.15, -0.1) is 0 Å². The number of ketones is 1. The molecule has 8 nitrogen and oxygen atoms in total. The second-order valence-electron chi connectivity index (χ2n) is 13.4. The molecule has 0 aromatic carbocycles. The molecule has 0 radical (unpaired) electrons. The Morgan fingerprint density at radius 1 is 1.16 bits per heavy atom. The Labute approximate surface area is 218 Å². The number of epoxide rings is 1. The highest BCUT2D eigenvalue weighted by molar-refractivity contribution is 5.90. The monoisotopic (exact) mass is 518 g/mol. The van der Waals surface area contributed by atoms with Crippen LogP contribution in [0.3, 0.4) is 0 Å². The van der Waals surface area contributed by atoms with E-state index in [1.807, 2.05) is 13.8 Å². The lowest BCUT2D eigenvalue weighted by Gasteiger charge is -2.61. The third-order valence-electron chi connectivity index (χ3n) is 12.2. The zero-order valence-corrected chi connectivity index (χ0v) is 22.6. The summed E-state index contributed by atoms with van der Waals surface area (Å²) in [5.74, 6) is 0.169. The van der Waals surface area contributed by atoms with Crippen molar-refractivity contribution in [2.24, 2.45) is 40.4 Å². The summed E-state index contributed by atoms with van der Waals surface area (Å²) in [5.41, 5.74) is -0.799. The number of methoxy groups -OCH3 is 1. The van der Waals surface area contributed by atoms with Gasteiger partial charge in [-0.3, -0.25) is 4.79 Å². The lowest BCUT2D eigenvalue weighted by molar-refractivity contribution is -0.202. The molecule has 6 rings (SSSR count). The number of aliphatic hydroxyl groups is 3. The van der Waals surface area contributed by atoms with Crippen LogP contribution in [-0.4, -0.2) is 76.9 Å². The molecule has 1 spiro atoms. The molecule has 206 valence electrons. The molecule has 3 N–H and O–H groups in total. The maximum Gasteiger partial charge on any atom is 0.336 e. The molecule has 4 aliphatic carbocycles. The van der Waals surface area contributed by atoms with Gasteiger partial charge in [0.2, 0.25) is 0 Å². The normalized spacial score (nSPS) is 53.6. The smallest absolute Gasteiger partial charge is 0.336 e. The maximum atomic E-state index is 13.7. The summed E-state index contributed by atoms with van der Waals surface area (Å²) in [7, 11) is 1.52. The third kappa shape index (κ3) is 3.14. The average Bonchev–Trinajstić information content (AvgIpc) is 3.48. The van der Waals surface area contributed by atoms with E-state index < -0.39 is 35.3 Å². The number of hydrogen-bond donors (Lipinski definition) is 3. The molecule has 5 unspecified atom stereocenters. The molecule has 6 aliphatic rings. The minimum atomic E-state index is -0.964. The third-order valence-corrected chi connectivity index (χ3v) is 12.2. The van der Waals surface area contributed by atoms with Crippen LogP contribution in [0.2, 0.25) is 0 Å². The fraction of sp³-hybridized carbons (Fsp3) is 0.862. The molecule has 4 saturated carbocycles. The molecule has 5 fully saturated rings. The van der Waals surface area contributed by atoms with E-state index in [0.29, 0.717) is 24.3 Å². The summed E-state index contributed by atoms with van der Waals surface area (Å²) in [6.07, 6.45) is 1.47. The number of esters is 1. The summed E-state index contributed by atoms with van der Waals surface area (Å²) in [5, 5.41) is 32.6. The second kappa shape index (κ2) is 8.34. The van der Waals surface area contributed by atoms with E-state index in [1.165, 1.54) is 7.11 Å². The van der Waals surface area contributed by atoms with Crippen molar-refractivity contribution >= 4 is 11.8 Å². The predicted octanol–water partition coefficient (Wildman–Crippen LogP) is 2.17. The lowest BCUT2D eigenvalue weighted by Crippen LogP contribution is -2.70. The predicted molar refractivity (Wildman–Crippen MR) is 132 cm³/mol. The van der Waals surface area contributed by atoms with E-state index in [1.54, 1.807) is 0 Å². The van der Waals surface area contributed by atoms with Crippen LogP contribution in [0.15, 0.2) is 11.1 Å². The standard InChI is InChI=1S/C29H42O8/c1-13-8-20(36-26(34)16(13)12-30)14(2)17-6-7-18-15-9-23-29(37-23)25(33)21(35-5)10-22(32)28(29,4)24(15)19(31)11-27(17,18)3/h14-15,17-21,23-25,30-31,33H,6-12H2,1-5H3/t14-,15?,17?,18?,19-,20?,21-,23+,24?,25-,27+,28+,29-/m0/s1. The average molecular weight is 519 g/mol. The van der Waals surface area contributed by atoms with Crippen LogP contribution in [0, 0.1) is 40.4 Å². The van der Waals surface area contributed by atoms with Crippen molar-refractivity contribution in [3.63, 3.8) is 0 Å². The molecule has 37 heavy (non-hydrogen) atoms. The number of fused-ring (bicyclic) bond motifs is 4. The van der Waals surface area contributed by atoms with Gasteiger partial charge in [0.1, 0.15) is 23.6 Å². The van der Waals surface area contributed by atoms with Gasteiger partial charge in [-0.05, 0) is 68.6 Å². The Hall–Kier alpha value is -1.32. The molecule has 1 saturated heterocycles. The van der Waals surface area contributed by atoms with Gasteiger partial charge in [0.15, 0.2) is 0 Å². The van der Waals surface area contributed by atoms with Gasteiger partial charge < -0.3 is 29.5 Å². The first-order valence-electron chi connectivity index (χ1n) is 14.1. The Morgan fingerprint density at radius 2 is 1.89 bits per heavy atom. The topological polar surface area (TPSA) is 126 Å². The van der Waals surface area contributed by atoms with Crippen molar-refractivity contribution < 1.29 is 39.1 Å². The molecular formula is C29H42O8. The minimum Gasteiger partial charge on any atom is -0.458 e. The summed E-state index contributed by atoms with van der Waals surface area (Å²) in [6, 6.07) is 0. The Kier molecular flexibility index (Phi) is 5.84. The number of hydrogen-bond acceptors (Lipinski definition) is 8. The Bertz CT molecular complexity index is 1040. The highest BCUT2D eigenvalue weighted by atomic mass is 16.6. The molecule has 13 atom stereocenters. The fourth-order valence-electron chi connectivity index (χ4n) is 10.4. The first-order chi connectivity index (χ1) is 17.4. The zero-order valence-electron chi connectivity index (χ0n) is 22.6. The zero-order chi connectivity index (χ0) is 26.7. The molecule has 0 amide bonds. The first kappa shape index (κ1) is 25.9. The van der Waals surface area contributed by atoms with Crippen LogP contribution in [0.5, 0.6) is 0 Å². The van der Waals surface area contributed by atoms with E-state index in [4.69, 9.17) is 14.2 Å². The van der Waals surface area contributed by atoms with Crippen LogP contribution in [0.25, 0.3) is 0 Å². The summed E-state index contributed by atoms with van der Waals surface area (Å²) < 4.78 is 17.6. The van der Waals surface area contributed by atoms with Gasteiger partial charge in [-0.1, -0.05) is 19.4 Å². The van der Waals surface area contributed by atoms with Crippen LogP contribution >= 0.6 is 0 Å². The van der Waals surface area contributed by atoms with Crippen LogP contribution in [0.4, 0.5) is 0 Å². The van der Waals surface area contributed by atoms with Gasteiger partial charge in [0.25, 0.3) is 0 Å². The quantitative estimate of drug-likeness (QED) is 0.382. The highest BCUT2D eigenvalue weighted by Crippen LogP contribution is 2.73. The van der Waals surface area contributed by atoms with Crippen LogP contribution in [0.1, 0.15) is 66.2 Å². The van der Waals surface area contributed by atoms with Gasteiger partial charge in [-0.25, -0.2) is 4.79 Å². The Morgan fingerprint density at radius 3 is 2.54 bits per heavy atom. The molecular weight excluding hydrogens is 476 g/mol. The number of aliphatic hydroxyl groups excluding tert-OH is 3. The van der Waals surface area contributed by atoms with Crippen LogP contribution < -0.4 is 0 Å². The van der Waals surface area contributed by atoms with Crippen molar-refractivity contribution in [3.05, 3.63) is 11.1 Å². The van der Waals surface area contributed by atoms with Crippen molar-refractivity contribution in [1.29, 1.82) is 0 Å². The molecule has 8 heteroatoms. The first-order valence-corrected chi connectivity index (χ1v) is 14.1. The molecule has 0 aromatic rings. The van der Waals surface area contributed by atoms with E-state index >= 15 is 0 Å². The van der Waals surface area contributed by atoms with Crippen molar-refractivity contribution in [2.45, 2.75) is 102 Å². The SMILES string of the molecule is CO[C@H]1CC(=O)[C@]2(C)C3C(C[C@H]4O[C@]42[C@H]1O)C1CCC([C@H](C)C2CC(C)=C(CO)C(=O)O2)[C@@]1(C)C[C@@H]3O. The lowest BCUT2D eigenvalue weighted by atomic mass is 9.42. The van der Waals surface area contributed by atoms with Gasteiger partial charge in [-0.2, -0.15) is 0 Å². The Balaban J connectivity index is 1.29. The summed E-state index contributed by atoms with van der Waals surface area (Å²) in [6.45, 7) is 7.97. The van der Waals surface area contributed by atoms with Gasteiger partial charge in [0, 0.05) is 25.9 Å². The largest absolute Gasteiger partial charge is 0.458 e. The van der Waals surface area contributed by atoms with Gasteiger partial charge in [0.05, 0.1) is 35.9 Å². The number of rotatable bonds is 4. The number of ether oxygens (including phenoxy) is 3. The van der Waals surface area contributed by atoms with E-state index in [9.17, 15) is 24.9 Å². The number of cyclic esters (lactones) is 1. The molecule has 0 bridgehead atoms. The van der Waals surface area contributed by atoms with Gasteiger partial charge >= 0.3 is 5.97 Å². The van der Waals surface area contributed by atoms with Crippen molar-refractivity contribution in [1.82, 2.24) is 0 Å². The highest BCUT2D eigenvalue weighted by Gasteiger charge is 2.83. The van der Waals surface area contributed by atoms with E-state index in [-0.39, 0.29) is 60.1 Å². The fourth-order valence-corrected chi connectivity index (χ4v) is 10.4. The van der Waals surface area contributed by atoms with Crippen molar-refractivity contribution in [3.8, 4) is 0 Å². The minimum absolute atomic E-state index is 0.0310. The molecule has 2 aliphatic heterocycles. The van der Waals surface area contributed by atoms with E-state index in [2.05, 4.69) is 13.8 Å². The van der Waals surface area contributed by atoms with E-state index in [0.717, 1.165) is 24.8 Å². The summed E-state index contributed by atoms with van der Waals surface area (Å²) >= 11 is 0. The summed E-state index contributed by atoms with van der Waals surface area (Å²) in [4.78, 5) is 26.2. The number of carbonyl (C=O) groups excluding carboxylic acids is 2. The van der Waals surface area contributed by atoms with Crippen molar-refractivity contribution in [2.75, 3.05) is 13.7 Å². The molecule has 2 heterocycles. The second-order valence-corrected chi connectivity index (χ2v) is 13.4. The van der Waals surface area contributed by atoms with Crippen LogP contribution in [-0.2, 0) is 23.8 Å². The number of Topliss-reactive ketones (excluding diaryl/α,β-unsaturated/α-hetero) is 1.